The van der Waals surface area contributed by atoms with Crippen molar-refractivity contribution in [2.45, 2.75) is 32.6 Å². The topological polar surface area (TPSA) is 31.9 Å². The van der Waals surface area contributed by atoms with E-state index in [-0.39, 0.29) is 5.82 Å². The summed E-state index contributed by atoms with van der Waals surface area (Å²) in [5, 5.41) is 7.37. The molecule has 1 aromatic carbocycles. The van der Waals surface area contributed by atoms with Gasteiger partial charge < -0.3 is 0 Å². The summed E-state index contributed by atoms with van der Waals surface area (Å²) in [7, 11) is 0. The van der Waals surface area contributed by atoms with Gasteiger partial charge in [-0.15, -0.1) is 0 Å². The Morgan fingerprint density at radius 2 is 2.13 bits per heavy atom. The van der Waals surface area contributed by atoms with Crippen LogP contribution < -0.4 is 0 Å². The Balaban J connectivity index is 1.70. The summed E-state index contributed by atoms with van der Waals surface area (Å²) in [5.41, 5.74) is 4.46. The predicted molar refractivity (Wildman–Crippen MR) is 91.8 cm³/mol. The number of aromatic nitrogens is 2. The second-order valence-corrected chi connectivity index (χ2v) is 6.56. The zero-order valence-electron chi connectivity index (χ0n) is 13.8. The van der Waals surface area contributed by atoms with Crippen LogP contribution in [0.2, 0.25) is 0 Å². The summed E-state index contributed by atoms with van der Waals surface area (Å²) >= 11 is 0. The Labute approximate surface area is 137 Å². The number of benzene rings is 1. The third kappa shape index (κ3) is 3.88. The van der Waals surface area contributed by atoms with Gasteiger partial charge in [-0.25, -0.2) is 4.39 Å². The molecule has 0 amide bonds. The van der Waals surface area contributed by atoms with Crippen LogP contribution in [0.4, 0.5) is 4.39 Å². The molecule has 2 heterocycles. The minimum absolute atomic E-state index is 0.203. The van der Waals surface area contributed by atoms with Crippen molar-refractivity contribution < 1.29 is 4.39 Å². The molecule has 0 radical (unpaired) electrons. The number of likely N-dealkylation sites (tertiary alicyclic amines) is 1. The van der Waals surface area contributed by atoms with E-state index in [4.69, 9.17) is 0 Å². The lowest BCUT2D eigenvalue weighted by molar-refractivity contribution is 0.230. The Hall–Kier alpha value is -1.94. The van der Waals surface area contributed by atoms with Crippen LogP contribution in [0.5, 0.6) is 0 Å². The van der Waals surface area contributed by atoms with E-state index in [1.54, 1.807) is 12.1 Å². The number of halogens is 1. The first-order valence-electron chi connectivity index (χ1n) is 8.28. The van der Waals surface area contributed by atoms with Gasteiger partial charge in [0.2, 0.25) is 0 Å². The maximum atomic E-state index is 13.5. The molecule has 4 heteroatoms. The first-order chi connectivity index (χ1) is 11.1. The lowest BCUT2D eigenvalue weighted by Gasteiger charge is -2.31. The molecular formula is C19H24FN3. The van der Waals surface area contributed by atoms with Crippen LogP contribution in [0.1, 0.15) is 38.3 Å². The van der Waals surface area contributed by atoms with Crippen molar-refractivity contribution in [3.63, 3.8) is 0 Å². The monoisotopic (exact) mass is 313 g/mol. The molecule has 122 valence electrons. The third-order valence-corrected chi connectivity index (χ3v) is 4.56. The highest BCUT2D eigenvalue weighted by atomic mass is 19.1. The van der Waals surface area contributed by atoms with Gasteiger partial charge in [-0.2, -0.15) is 5.10 Å². The Morgan fingerprint density at radius 3 is 2.83 bits per heavy atom. The number of hydrogen-bond donors (Lipinski definition) is 1. The third-order valence-electron chi connectivity index (χ3n) is 4.56. The zero-order valence-corrected chi connectivity index (χ0v) is 13.8. The number of aromatic amines is 1. The first-order valence-corrected chi connectivity index (χ1v) is 8.28. The van der Waals surface area contributed by atoms with E-state index in [1.807, 2.05) is 12.3 Å². The van der Waals surface area contributed by atoms with Crippen molar-refractivity contribution in [2.24, 2.45) is 0 Å². The standard InChI is InChI=1S/C19H24FN3/c1-14(2)6-9-23-10-7-15(8-11-23)19-18(13-21-22-19)16-4-3-5-17(20)12-16/h3-6,12-13,15H,7-11H2,1-2H3,(H,21,22). The normalized spacial score (nSPS) is 16.5. The maximum Gasteiger partial charge on any atom is 0.123 e. The van der Waals surface area contributed by atoms with Gasteiger partial charge in [0.15, 0.2) is 0 Å². The summed E-state index contributed by atoms with van der Waals surface area (Å²) in [6.45, 7) is 7.51. The molecule has 0 atom stereocenters. The molecule has 1 saturated heterocycles. The number of nitrogens with zero attached hydrogens (tertiary/aromatic N) is 2. The molecule has 1 aromatic heterocycles. The van der Waals surface area contributed by atoms with E-state index < -0.39 is 0 Å². The summed E-state index contributed by atoms with van der Waals surface area (Å²) < 4.78 is 13.5. The average Bonchev–Trinajstić information content (AvgIpc) is 3.03. The van der Waals surface area contributed by atoms with Gasteiger partial charge in [-0.1, -0.05) is 23.8 Å². The lowest BCUT2D eigenvalue weighted by Crippen LogP contribution is -2.33. The number of allylic oxidation sites excluding steroid dienone is 1. The van der Waals surface area contributed by atoms with Crippen LogP contribution in [-0.2, 0) is 0 Å². The van der Waals surface area contributed by atoms with E-state index in [1.165, 1.54) is 11.6 Å². The minimum Gasteiger partial charge on any atom is -0.300 e. The molecule has 1 aliphatic heterocycles. The quantitative estimate of drug-likeness (QED) is 0.850. The molecule has 3 nitrogen and oxygen atoms in total. The van der Waals surface area contributed by atoms with Gasteiger partial charge in [-0.3, -0.25) is 10.00 Å². The van der Waals surface area contributed by atoms with Crippen molar-refractivity contribution in [3.8, 4) is 11.1 Å². The van der Waals surface area contributed by atoms with Crippen LogP contribution in [-0.4, -0.2) is 34.7 Å². The van der Waals surface area contributed by atoms with Crippen LogP contribution in [0.15, 0.2) is 42.1 Å². The smallest absolute Gasteiger partial charge is 0.123 e. The fourth-order valence-electron chi connectivity index (χ4n) is 3.21. The van der Waals surface area contributed by atoms with E-state index in [0.29, 0.717) is 5.92 Å². The lowest BCUT2D eigenvalue weighted by atomic mass is 9.89. The molecule has 0 aliphatic carbocycles. The number of piperidine rings is 1. The average molecular weight is 313 g/mol. The SMILES string of the molecule is CC(C)=CCN1CCC(c2[nH]ncc2-c2cccc(F)c2)CC1. The number of H-pyrrole nitrogens is 1. The van der Waals surface area contributed by atoms with Gasteiger partial charge in [0, 0.05) is 23.7 Å². The van der Waals surface area contributed by atoms with Gasteiger partial charge >= 0.3 is 0 Å². The summed E-state index contributed by atoms with van der Waals surface area (Å²) in [6, 6.07) is 6.76. The molecule has 1 aliphatic rings. The molecule has 0 unspecified atom stereocenters. The van der Waals surface area contributed by atoms with Gasteiger partial charge in [-0.05, 0) is 57.5 Å². The highest BCUT2D eigenvalue weighted by molar-refractivity contribution is 5.65. The minimum atomic E-state index is -0.203. The van der Waals surface area contributed by atoms with E-state index >= 15 is 0 Å². The van der Waals surface area contributed by atoms with Crippen molar-refractivity contribution in [2.75, 3.05) is 19.6 Å². The highest BCUT2D eigenvalue weighted by Crippen LogP contribution is 2.33. The second kappa shape index (κ2) is 7.09. The predicted octanol–water partition coefficient (Wildman–Crippen LogP) is 4.36. The van der Waals surface area contributed by atoms with Crippen molar-refractivity contribution in [1.82, 2.24) is 15.1 Å². The molecule has 0 saturated carbocycles. The number of nitrogens with one attached hydrogen (secondary N) is 1. The van der Waals surface area contributed by atoms with Crippen LogP contribution in [0.3, 0.4) is 0 Å². The maximum absolute atomic E-state index is 13.5. The second-order valence-electron chi connectivity index (χ2n) is 6.56. The largest absolute Gasteiger partial charge is 0.300 e. The van der Waals surface area contributed by atoms with E-state index in [0.717, 1.165) is 49.3 Å². The Morgan fingerprint density at radius 1 is 1.35 bits per heavy atom. The van der Waals surface area contributed by atoms with Crippen molar-refractivity contribution >= 4 is 0 Å². The van der Waals surface area contributed by atoms with E-state index in [9.17, 15) is 4.39 Å². The molecular weight excluding hydrogens is 289 g/mol. The number of rotatable bonds is 4. The van der Waals surface area contributed by atoms with Crippen LogP contribution in [0, 0.1) is 5.82 Å². The van der Waals surface area contributed by atoms with Crippen LogP contribution in [0.25, 0.3) is 11.1 Å². The van der Waals surface area contributed by atoms with Crippen molar-refractivity contribution in [3.05, 3.63) is 53.6 Å². The zero-order chi connectivity index (χ0) is 16.2. The van der Waals surface area contributed by atoms with Gasteiger partial charge in [0.1, 0.15) is 5.82 Å². The molecule has 3 rings (SSSR count). The first kappa shape index (κ1) is 15.9. The van der Waals surface area contributed by atoms with E-state index in [2.05, 4.69) is 35.0 Å². The number of hydrogen-bond acceptors (Lipinski definition) is 2. The summed E-state index contributed by atoms with van der Waals surface area (Å²) in [6.07, 6.45) is 6.33. The van der Waals surface area contributed by atoms with Crippen molar-refractivity contribution in [1.29, 1.82) is 0 Å². The molecule has 1 fully saturated rings. The summed E-state index contributed by atoms with van der Waals surface area (Å²) in [4.78, 5) is 2.49. The molecule has 1 N–H and O–H groups in total. The highest BCUT2D eigenvalue weighted by Gasteiger charge is 2.24. The van der Waals surface area contributed by atoms with Gasteiger partial charge in [0.05, 0.1) is 6.20 Å². The molecule has 0 bridgehead atoms. The fourth-order valence-corrected chi connectivity index (χ4v) is 3.21. The fraction of sp³-hybridized carbons (Fsp3) is 0.421. The molecule has 23 heavy (non-hydrogen) atoms. The Bertz CT molecular complexity index is 677. The van der Waals surface area contributed by atoms with Gasteiger partial charge in [0.25, 0.3) is 0 Å². The molecule has 0 spiro atoms. The molecule has 2 aromatic rings. The summed E-state index contributed by atoms with van der Waals surface area (Å²) in [5.74, 6) is 0.268. The Kier molecular flexibility index (Phi) is 4.91. The van der Waals surface area contributed by atoms with Crippen LogP contribution >= 0.6 is 0 Å².